The maximum atomic E-state index is 12.2. The minimum absolute atomic E-state index is 0.0774. The van der Waals surface area contributed by atoms with Crippen LogP contribution in [0.3, 0.4) is 0 Å². The molecule has 1 aromatic rings. The zero-order chi connectivity index (χ0) is 17.9. The van der Waals surface area contributed by atoms with E-state index >= 15 is 0 Å². The fourth-order valence-electron chi connectivity index (χ4n) is 2.33. The van der Waals surface area contributed by atoms with Gasteiger partial charge in [0.2, 0.25) is 11.8 Å². The lowest BCUT2D eigenvalue weighted by Gasteiger charge is -2.25. The standard InChI is InChI=1S/C18H26N2O4/c1-3-12-19-16(21)10-7-11-17(22)20(2)15(18(23)24)13-14-8-5-4-6-9-14/h4-6,8-9,15H,3,7,10-13H2,1-2H3,(H,19,21)(H,23,24). The molecule has 24 heavy (non-hydrogen) atoms. The average Bonchev–Trinajstić information content (AvgIpc) is 2.57. The van der Waals surface area contributed by atoms with Gasteiger partial charge in [-0.1, -0.05) is 37.3 Å². The minimum atomic E-state index is -1.03. The van der Waals surface area contributed by atoms with Crippen LogP contribution >= 0.6 is 0 Å². The smallest absolute Gasteiger partial charge is 0.326 e. The minimum Gasteiger partial charge on any atom is -0.480 e. The molecule has 0 heterocycles. The molecule has 1 aromatic carbocycles. The molecular formula is C18H26N2O4. The van der Waals surface area contributed by atoms with E-state index in [0.29, 0.717) is 13.0 Å². The van der Waals surface area contributed by atoms with Crippen LogP contribution < -0.4 is 5.32 Å². The molecule has 6 nitrogen and oxygen atoms in total. The van der Waals surface area contributed by atoms with Crippen LogP contribution in [0.25, 0.3) is 0 Å². The molecule has 2 amide bonds. The second-order valence-corrected chi connectivity index (χ2v) is 5.75. The number of carboxylic acid groups (broad SMARTS) is 1. The first-order valence-electron chi connectivity index (χ1n) is 8.24. The Balaban J connectivity index is 2.51. The van der Waals surface area contributed by atoms with Crippen molar-refractivity contribution in [2.24, 2.45) is 0 Å². The van der Waals surface area contributed by atoms with Gasteiger partial charge in [0.15, 0.2) is 0 Å². The number of rotatable bonds is 10. The van der Waals surface area contributed by atoms with E-state index in [4.69, 9.17) is 0 Å². The first-order valence-corrected chi connectivity index (χ1v) is 8.24. The summed E-state index contributed by atoms with van der Waals surface area (Å²) >= 11 is 0. The molecule has 132 valence electrons. The third-order valence-electron chi connectivity index (χ3n) is 3.78. The number of carbonyl (C=O) groups is 3. The van der Waals surface area contributed by atoms with Gasteiger partial charge in [-0.3, -0.25) is 9.59 Å². The summed E-state index contributed by atoms with van der Waals surface area (Å²) in [5.74, 6) is -1.37. The van der Waals surface area contributed by atoms with Crippen LogP contribution in [0.4, 0.5) is 0 Å². The topological polar surface area (TPSA) is 86.7 Å². The van der Waals surface area contributed by atoms with E-state index in [0.717, 1.165) is 12.0 Å². The molecule has 0 aliphatic carbocycles. The molecule has 0 aliphatic heterocycles. The zero-order valence-corrected chi connectivity index (χ0v) is 14.3. The van der Waals surface area contributed by atoms with Gasteiger partial charge in [-0.2, -0.15) is 0 Å². The molecule has 0 radical (unpaired) electrons. The second-order valence-electron chi connectivity index (χ2n) is 5.75. The maximum Gasteiger partial charge on any atom is 0.326 e. The molecule has 2 N–H and O–H groups in total. The molecule has 1 unspecified atom stereocenters. The molecular weight excluding hydrogens is 308 g/mol. The van der Waals surface area contributed by atoms with Crippen molar-refractivity contribution in [3.63, 3.8) is 0 Å². The van der Waals surface area contributed by atoms with Gasteiger partial charge in [0.05, 0.1) is 0 Å². The van der Waals surface area contributed by atoms with Gasteiger partial charge < -0.3 is 15.3 Å². The lowest BCUT2D eigenvalue weighted by atomic mass is 10.0. The number of benzene rings is 1. The highest BCUT2D eigenvalue weighted by Crippen LogP contribution is 2.11. The van der Waals surface area contributed by atoms with E-state index in [-0.39, 0.29) is 31.1 Å². The summed E-state index contributed by atoms with van der Waals surface area (Å²) in [5.41, 5.74) is 0.864. The van der Waals surface area contributed by atoms with Crippen molar-refractivity contribution in [1.82, 2.24) is 10.2 Å². The average molecular weight is 334 g/mol. The highest BCUT2D eigenvalue weighted by molar-refractivity contribution is 5.84. The van der Waals surface area contributed by atoms with E-state index in [1.807, 2.05) is 37.3 Å². The second kappa shape index (κ2) is 10.4. The van der Waals surface area contributed by atoms with Crippen LogP contribution in [-0.2, 0) is 20.8 Å². The van der Waals surface area contributed by atoms with Crippen LogP contribution in [-0.4, -0.2) is 47.4 Å². The fraction of sp³-hybridized carbons (Fsp3) is 0.500. The van der Waals surface area contributed by atoms with Crippen LogP contribution in [0.15, 0.2) is 30.3 Å². The van der Waals surface area contributed by atoms with E-state index in [1.54, 1.807) is 0 Å². The lowest BCUT2D eigenvalue weighted by Crippen LogP contribution is -2.43. The van der Waals surface area contributed by atoms with Crippen molar-refractivity contribution >= 4 is 17.8 Å². The molecule has 0 saturated heterocycles. The normalized spacial score (nSPS) is 11.6. The molecule has 6 heteroatoms. The number of aliphatic carboxylic acids is 1. The number of amides is 2. The number of carbonyl (C=O) groups excluding carboxylic acids is 2. The van der Waals surface area contributed by atoms with Crippen LogP contribution in [0.2, 0.25) is 0 Å². The summed E-state index contributed by atoms with van der Waals surface area (Å²) in [7, 11) is 1.50. The van der Waals surface area contributed by atoms with Gasteiger partial charge in [0.1, 0.15) is 6.04 Å². The largest absolute Gasteiger partial charge is 0.480 e. The Kier molecular flexibility index (Phi) is 8.54. The molecule has 0 saturated carbocycles. The highest BCUT2D eigenvalue weighted by atomic mass is 16.4. The van der Waals surface area contributed by atoms with Crippen molar-refractivity contribution in [2.45, 2.75) is 45.1 Å². The Hall–Kier alpha value is -2.37. The molecule has 0 aromatic heterocycles. The third-order valence-corrected chi connectivity index (χ3v) is 3.78. The predicted octanol–water partition coefficient (Wildman–Crippen LogP) is 1.84. The van der Waals surface area contributed by atoms with E-state index < -0.39 is 12.0 Å². The lowest BCUT2D eigenvalue weighted by molar-refractivity contribution is -0.149. The van der Waals surface area contributed by atoms with Gasteiger partial charge in [-0.05, 0) is 18.4 Å². The molecule has 1 rings (SSSR count). The third kappa shape index (κ3) is 6.81. The Morgan fingerprint density at radius 2 is 1.83 bits per heavy atom. The van der Waals surface area contributed by atoms with E-state index in [9.17, 15) is 19.5 Å². The van der Waals surface area contributed by atoms with Gasteiger partial charge in [-0.25, -0.2) is 4.79 Å². The number of hydrogen-bond acceptors (Lipinski definition) is 3. The van der Waals surface area contributed by atoms with E-state index in [1.165, 1.54) is 11.9 Å². The van der Waals surface area contributed by atoms with Crippen molar-refractivity contribution in [2.75, 3.05) is 13.6 Å². The van der Waals surface area contributed by atoms with Crippen molar-refractivity contribution < 1.29 is 19.5 Å². The molecule has 1 atom stereocenters. The van der Waals surface area contributed by atoms with Crippen LogP contribution in [0.5, 0.6) is 0 Å². The highest BCUT2D eigenvalue weighted by Gasteiger charge is 2.26. The summed E-state index contributed by atoms with van der Waals surface area (Å²) in [6, 6.07) is 8.31. The maximum absolute atomic E-state index is 12.2. The summed E-state index contributed by atoms with van der Waals surface area (Å²) in [6.07, 6.45) is 1.98. The summed E-state index contributed by atoms with van der Waals surface area (Å²) in [6.45, 7) is 2.60. The molecule has 0 bridgehead atoms. The molecule has 0 aliphatic rings. The Morgan fingerprint density at radius 1 is 1.17 bits per heavy atom. The van der Waals surface area contributed by atoms with E-state index in [2.05, 4.69) is 5.32 Å². The summed E-state index contributed by atoms with van der Waals surface area (Å²) in [5, 5.41) is 12.2. The predicted molar refractivity (Wildman–Crippen MR) is 91.5 cm³/mol. The first-order chi connectivity index (χ1) is 11.5. The van der Waals surface area contributed by atoms with Crippen molar-refractivity contribution in [3.8, 4) is 0 Å². The Morgan fingerprint density at radius 3 is 2.42 bits per heavy atom. The quantitative estimate of drug-likeness (QED) is 0.683. The molecule has 0 spiro atoms. The number of likely N-dealkylation sites (N-methyl/N-ethyl adjacent to an activating group) is 1. The van der Waals surface area contributed by atoms with Crippen molar-refractivity contribution in [1.29, 1.82) is 0 Å². The SMILES string of the molecule is CCCNC(=O)CCCC(=O)N(C)C(Cc1ccccc1)C(=O)O. The zero-order valence-electron chi connectivity index (χ0n) is 14.3. The number of hydrogen-bond donors (Lipinski definition) is 2. The van der Waals surface area contributed by atoms with Crippen molar-refractivity contribution in [3.05, 3.63) is 35.9 Å². The Bertz CT molecular complexity index is 545. The van der Waals surface area contributed by atoms with Crippen LogP contribution in [0.1, 0.15) is 38.2 Å². The van der Waals surface area contributed by atoms with Gasteiger partial charge in [-0.15, -0.1) is 0 Å². The first kappa shape index (κ1) is 19.7. The van der Waals surface area contributed by atoms with Gasteiger partial charge in [0.25, 0.3) is 0 Å². The van der Waals surface area contributed by atoms with Crippen LogP contribution in [0, 0.1) is 0 Å². The summed E-state index contributed by atoms with van der Waals surface area (Å²) < 4.78 is 0. The van der Waals surface area contributed by atoms with Gasteiger partial charge >= 0.3 is 5.97 Å². The van der Waals surface area contributed by atoms with Gasteiger partial charge in [0, 0.05) is 32.9 Å². The number of nitrogens with zero attached hydrogens (tertiary/aromatic N) is 1. The summed E-state index contributed by atoms with van der Waals surface area (Å²) in [4.78, 5) is 36.5. The number of nitrogens with one attached hydrogen (secondary N) is 1. The number of carboxylic acids is 1. The fourth-order valence-corrected chi connectivity index (χ4v) is 2.33. The Labute approximate surface area is 142 Å². The molecule has 0 fully saturated rings. The monoisotopic (exact) mass is 334 g/mol.